The highest BCUT2D eigenvalue weighted by Gasteiger charge is 2.13. The van der Waals surface area contributed by atoms with Crippen molar-refractivity contribution in [3.63, 3.8) is 0 Å². The molecule has 1 rings (SSSR count). The summed E-state index contributed by atoms with van der Waals surface area (Å²) in [6.07, 6.45) is -1.06. The second kappa shape index (κ2) is 6.11. The van der Waals surface area contributed by atoms with Crippen LogP contribution in [-0.4, -0.2) is 29.7 Å². The number of benzene rings is 1. The maximum absolute atomic E-state index is 13.2. The minimum absolute atomic E-state index is 0.301. The van der Waals surface area contributed by atoms with E-state index in [-0.39, 0.29) is 0 Å². The minimum atomic E-state index is -1.15. The van der Waals surface area contributed by atoms with Crippen molar-refractivity contribution in [2.45, 2.75) is 20.0 Å². The Morgan fingerprint density at radius 1 is 1.50 bits per heavy atom. The molecule has 6 heteroatoms. The molecule has 5 nitrogen and oxygen atoms in total. The molecule has 0 unspecified atom stereocenters. The highest BCUT2D eigenvalue weighted by Crippen LogP contribution is 2.13. The maximum atomic E-state index is 13.2. The van der Waals surface area contributed by atoms with Crippen LogP contribution in [0, 0.1) is 12.7 Å². The zero-order chi connectivity index (χ0) is 13.7. The summed E-state index contributed by atoms with van der Waals surface area (Å²) in [5.41, 5.74) is 0.776. The smallest absolute Gasteiger partial charge is 0.332 e. The quantitative estimate of drug-likeness (QED) is 0.837. The number of carboxylic acids is 1. The van der Waals surface area contributed by atoms with E-state index in [1.54, 1.807) is 13.0 Å². The first-order chi connectivity index (χ1) is 8.40. The fourth-order valence-corrected chi connectivity index (χ4v) is 1.14. The molecule has 0 aliphatic rings. The Kier molecular flexibility index (Phi) is 4.79. The summed E-state index contributed by atoms with van der Waals surface area (Å²) in [7, 11) is 0. The van der Waals surface area contributed by atoms with Crippen LogP contribution in [0.15, 0.2) is 18.2 Å². The van der Waals surface area contributed by atoms with E-state index in [0.29, 0.717) is 11.3 Å². The van der Waals surface area contributed by atoms with Crippen molar-refractivity contribution in [2.75, 3.05) is 11.9 Å². The Balaban J connectivity index is 2.49. The zero-order valence-electron chi connectivity index (χ0n) is 10.1. The lowest BCUT2D eigenvalue weighted by molar-refractivity contribution is -0.150. The average Bonchev–Trinajstić information content (AvgIpc) is 2.30. The van der Waals surface area contributed by atoms with Crippen LogP contribution < -0.4 is 5.32 Å². The van der Waals surface area contributed by atoms with E-state index in [1.807, 2.05) is 0 Å². The number of carbonyl (C=O) groups excluding carboxylic acids is 1. The van der Waals surface area contributed by atoms with E-state index in [9.17, 15) is 14.0 Å². The van der Waals surface area contributed by atoms with Crippen LogP contribution in [0.3, 0.4) is 0 Å². The summed E-state index contributed by atoms with van der Waals surface area (Å²) < 4.78 is 18.0. The van der Waals surface area contributed by atoms with Crippen molar-refractivity contribution in [3.8, 4) is 0 Å². The van der Waals surface area contributed by atoms with Crippen LogP contribution in [-0.2, 0) is 14.3 Å². The van der Waals surface area contributed by atoms with Gasteiger partial charge in [-0.15, -0.1) is 0 Å². The Hall–Kier alpha value is -1.95. The third-order valence-corrected chi connectivity index (χ3v) is 2.27. The molecule has 0 aliphatic heterocycles. The third-order valence-electron chi connectivity index (χ3n) is 2.27. The van der Waals surface area contributed by atoms with Crippen molar-refractivity contribution in [3.05, 3.63) is 29.6 Å². The van der Waals surface area contributed by atoms with E-state index < -0.39 is 30.4 Å². The molecule has 0 fully saturated rings. The summed E-state index contributed by atoms with van der Waals surface area (Å²) in [5, 5.41) is 11.0. The van der Waals surface area contributed by atoms with Crippen LogP contribution >= 0.6 is 0 Å². The standard InChI is InChI=1S/C12H14FNO4/c1-7-3-4-9(5-10(7)13)14-11(15)6-18-8(2)12(16)17/h3-5,8H,6H2,1-2H3,(H,14,15)(H,16,17)/t8-/m0/s1. The van der Waals surface area contributed by atoms with Gasteiger partial charge in [0.2, 0.25) is 5.91 Å². The van der Waals surface area contributed by atoms with Gasteiger partial charge in [-0.25, -0.2) is 9.18 Å². The Morgan fingerprint density at radius 3 is 2.72 bits per heavy atom. The Bertz CT molecular complexity index is 461. The van der Waals surface area contributed by atoms with E-state index in [0.717, 1.165) is 0 Å². The van der Waals surface area contributed by atoms with Crippen molar-refractivity contribution < 1.29 is 23.8 Å². The number of hydrogen-bond donors (Lipinski definition) is 2. The third kappa shape index (κ3) is 4.14. The molecule has 0 saturated carbocycles. The Morgan fingerprint density at radius 2 is 2.17 bits per heavy atom. The maximum Gasteiger partial charge on any atom is 0.332 e. The number of anilines is 1. The number of rotatable bonds is 5. The predicted octanol–water partition coefficient (Wildman–Crippen LogP) is 1.56. The molecule has 0 radical (unpaired) electrons. The lowest BCUT2D eigenvalue weighted by Crippen LogP contribution is -2.26. The van der Waals surface area contributed by atoms with Crippen LogP contribution in [0.4, 0.5) is 10.1 Å². The molecule has 0 saturated heterocycles. The number of carboxylic acid groups (broad SMARTS) is 1. The molecule has 1 atom stereocenters. The second-order valence-corrected chi connectivity index (χ2v) is 3.80. The van der Waals surface area contributed by atoms with Gasteiger partial charge >= 0.3 is 5.97 Å². The topological polar surface area (TPSA) is 75.6 Å². The van der Waals surface area contributed by atoms with Gasteiger partial charge in [0.15, 0.2) is 6.10 Å². The van der Waals surface area contributed by atoms with Crippen LogP contribution in [0.25, 0.3) is 0 Å². The highest BCUT2D eigenvalue weighted by atomic mass is 19.1. The van der Waals surface area contributed by atoms with Gasteiger partial charge in [0.05, 0.1) is 0 Å². The van der Waals surface area contributed by atoms with E-state index in [4.69, 9.17) is 9.84 Å². The first-order valence-corrected chi connectivity index (χ1v) is 5.30. The van der Waals surface area contributed by atoms with Crippen LogP contribution in [0.1, 0.15) is 12.5 Å². The van der Waals surface area contributed by atoms with E-state index in [2.05, 4.69) is 5.32 Å². The summed E-state index contributed by atoms with van der Waals surface area (Å²) in [4.78, 5) is 21.8. The van der Waals surface area contributed by atoms with Gasteiger partial charge in [-0.1, -0.05) is 6.07 Å². The van der Waals surface area contributed by atoms with Crippen molar-refractivity contribution in [1.29, 1.82) is 0 Å². The van der Waals surface area contributed by atoms with Gasteiger partial charge in [0, 0.05) is 5.69 Å². The lowest BCUT2D eigenvalue weighted by Gasteiger charge is -2.09. The van der Waals surface area contributed by atoms with Crippen LogP contribution in [0.5, 0.6) is 0 Å². The normalized spacial score (nSPS) is 11.9. The molecule has 98 valence electrons. The SMILES string of the molecule is Cc1ccc(NC(=O)CO[C@@H](C)C(=O)O)cc1F. The monoisotopic (exact) mass is 255 g/mol. The lowest BCUT2D eigenvalue weighted by atomic mass is 10.2. The summed E-state index contributed by atoms with van der Waals surface area (Å²) >= 11 is 0. The van der Waals surface area contributed by atoms with E-state index in [1.165, 1.54) is 19.1 Å². The summed E-state index contributed by atoms with van der Waals surface area (Å²) in [5.74, 6) is -2.11. The molecule has 18 heavy (non-hydrogen) atoms. The van der Waals surface area contributed by atoms with Crippen molar-refractivity contribution >= 4 is 17.6 Å². The van der Waals surface area contributed by atoms with Crippen molar-refractivity contribution in [1.82, 2.24) is 0 Å². The van der Waals surface area contributed by atoms with Gasteiger partial charge in [0.25, 0.3) is 0 Å². The molecular formula is C12H14FNO4. The van der Waals surface area contributed by atoms with E-state index >= 15 is 0 Å². The average molecular weight is 255 g/mol. The number of amides is 1. The molecule has 1 aromatic carbocycles. The molecule has 1 aromatic rings. The molecule has 0 aliphatic carbocycles. The zero-order valence-corrected chi connectivity index (χ0v) is 10.1. The number of aryl methyl sites for hydroxylation is 1. The molecule has 0 aromatic heterocycles. The molecule has 0 spiro atoms. The number of hydrogen-bond acceptors (Lipinski definition) is 3. The fourth-order valence-electron chi connectivity index (χ4n) is 1.14. The minimum Gasteiger partial charge on any atom is -0.479 e. The van der Waals surface area contributed by atoms with Crippen LogP contribution in [0.2, 0.25) is 0 Å². The van der Waals surface area contributed by atoms with Gasteiger partial charge in [0.1, 0.15) is 12.4 Å². The fraction of sp³-hybridized carbons (Fsp3) is 0.333. The molecule has 2 N–H and O–H groups in total. The number of ether oxygens (including phenoxy) is 1. The Labute approximate surface area is 104 Å². The number of nitrogens with one attached hydrogen (secondary N) is 1. The summed E-state index contributed by atoms with van der Waals surface area (Å²) in [6, 6.07) is 4.27. The highest BCUT2D eigenvalue weighted by molar-refractivity contribution is 5.91. The van der Waals surface area contributed by atoms with Crippen molar-refractivity contribution in [2.24, 2.45) is 0 Å². The van der Waals surface area contributed by atoms with Gasteiger partial charge in [-0.05, 0) is 31.5 Å². The predicted molar refractivity (Wildman–Crippen MR) is 62.8 cm³/mol. The number of aliphatic carboxylic acids is 1. The van der Waals surface area contributed by atoms with Gasteiger partial charge < -0.3 is 15.2 Å². The molecule has 0 heterocycles. The first-order valence-electron chi connectivity index (χ1n) is 5.30. The summed E-state index contributed by atoms with van der Waals surface area (Å²) in [6.45, 7) is 2.53. The molecule has 1 amide bonds. The molecule has 0 bridgehead atoms. The first kappa shape index (κ1) is 14.1. The van der Waals surface area contributed by atoms with Gasteiger partial charge in [-0.3, -0.25) is 4.79 Å². The largest absolute Gasteiger partial charge is 0.479 e. The second-order valence-electron chi connectivity index (χ2n) is 3.80. The molecular weight excluding hydrogens is 241 g/mol. The number of carbonyl (C=O) groups is 2. The van der Waals surface area contributed by atoms with Gasteiger partial charge in [-0.2, -0.15) is 0 Å². The number of halogens is 1.